The van der Waals surface area contributed by atoms with E-state index in [2.05, 4.69) is 21.8 Å². The summed E-state index contributed by atoms with van der Waals surface area (Å²) >= 11 is 1.59. The fraction of sp³-hybridized carbons (Fsp3) is 0.474. The molecule has 1 fully saturated rings. The molecule has 27 heavy (non-hydrogen) atoms. The van der Waals surface area contributed by atoms with E-state index in [1.807, 2.05) is 28.5 Å². The molecule has 0 radical (unpaired) electrons. The van der Waals surface area contributed by atoms with Gasteiger partial charge in [0.25, 0.3) is 0 Å². The fourth-order valence-corrected chi connectivity index (χ4v) is 4.64. The van der Waals surface area contributed by atoms with Crippen molar-refractivity contribution in [2.24, 2.45) is 5.92 Å². The van der Waals surface area contributed by atoms with E-state index < -0.39 is 10.0 Å². The first-order valence-electron chi connectivity index (χ1n) is 9.08. The van der Waals surface area contributed by atoms with E-state index in [-0.39, 0.29) is 11.8 Å². The lowest BCUT2D eigenvalue weighted by molar-refractivity contribution is -0.132. The zero-order chi connectivity index (χ0) is 19.3. The molecule has 1 aromatic heterocycles. The Morgan fingerprint density at radius 1 is 1.33 bits per heavy atom. The second kappa shape index (κ2) is 8.95. The molecule has 1 amide bonds. The van der Waals surface area contributed by atoms with E-state index in [1.54, 1.807) is 11.3 Å². The SMILES string of the molecule is CS(=O)(=O)NC[C@@H]1CCCN(C(=O)Cc2csc(Cc3ccccc3)n2)C1. The average Bonchev–Trinajstić information content (AvgIpc) is 3.07. The van der Waals surface area contributed by atoms with Crippen LogP contribution in [0.3, 0.4) is 0 Å². The number of nitrogens with zero attached hydrogens (tertiary/aromatic N) is 2. The van der Waals surface area contributed by atoms with Crippen LogP contribution >= 0.6 is 11.3 Å². The molecule has 0 aliphatic carbocycles. The van der Waals surface area contributed by atoms with Gasteiger partial charge in [0.15, 0.2) is 0 Å². The predicted octanol–water partition coefficient (Wildman–Crippen LogP) is 2.06. The lowest BCUT2D eigenvalue weighted by atomic mass is 9.98. The molecular formula is C19H25N3O3S2. The van der Waals surface area contributed by atoms with Crippen LogP contribution in [-0.4, -0.2) is 50.1 Å². The molecular weight excluding hydrogens is 382 g/mol. The first-order chi connectivity index (χ1) is 12.9. The zero-order valence-electron chi connectivity index (χ0n) is 15.4. The molecule has 1 N–H and O–H groups in total. The molecule has 0 spiro atoms. The Morgan fingerprint density at radius 3 is 2.85 bits per heavy atom. The molecule has 1 aromatic carbocycles. The minimum Gasteiger partial charge on any atom is -0.342 e. The number of aromatic nitrogens is 1. The van der Waals surface area contributed by atoms with Gasteiger partial charge in [-0.05, 0) is 24.3 Å². The Hall–Kier alpha value is -1.77. The van der Waals surface area contributed by atoms with Crippen molar-refractivity contribution in [1.82, 2.24) is 14.6 Å². The summed E-state index contributed by atoms with van der Waals surface area (Å²) in [5.74, 6) is 0.233. The summed E-state index contributed by atoms with van der Waals surface area (Å²) in [7, 11) is -3.19. The lowest BCUT2D eigenvalue weighted by Gasteiger charge is -2.32. The summed E-state index contributed by atoms with van der Waals surface area (Å²) in [4.78, 5) is 19.1. The number of benzene rings is 1. The minimum absolute atomic E-state index is 0.0654. The van der Waals surface area contributed by atoms with Gasteiger partial charge in [0, 0.05) is 31.4 Å². The van der Waals surface area contributed by atoms with E-state index >= 15 is 0 Å². The number of hydrogen-bond donors (Lipinski definition) is 1. The van der Waals surface area contributed by atoms with E-state index in [0.29, 0.717) is 19.5 Å². The number of carbonyl (C=O) groups is 1. The monoisotopic (exact) mass is 407 g/mol. The number of likely N-dealkylation sites (tertiary alicyclic amines) is 1. The molecule has 8 heteroatoms. The number of nitrogens with one attached hydrogen (secondary N) is 1. The Morgan fingerprint density at radius 2 is 2.11 bits per heavy atom. The van der Waals surface area contributed by atoms with Crippen LogP contribution in [0.5, 0.6) is 0 Å². The van der Waals surface area contributed by atoms with E-state index in [0.717, 1.165) is 42.8 Å². The maximum absolute atomic E-state index is 12.6. The highest BCUT2D eigenvalue weighted by molar-refractivity contribution is 7.88. The number of sulfonamides is 1. The number of thiazole rings is 1. The standard InChI is InChI=1S/C19H25N3O3S2/c1-27(24,25)20-12-16-8-5-9-22(13-16)19(23)11-17-14-26-18(21-17)10-15-6-3-2-4-7-15/h2-4,6-7,14,16,20H,5,8-13H2,1H3/t16-/m0/s1. The van der Waals surface area contributed by atoms with Gasteiger partial charge in [-0.2, -0.15) is 0 Å². The van der Waals surface area contributed by atoms with E-state index in [4.69, 9.17) is 0 Å². The minimum atomic E-state index is -3.19. The summed E-state index contributed by atoms with van der Waals surface area (Å²) in [6, 6.07) is 10.2. The van der Waals surface area contributed by atoms with Crippen molar-refractivity contribution in [2.75, 3.05) is 25.9 Å². The smallest absolute Gasteiger partial charge is 0.228 e. The average molecular weight is 408 g/mol. The molecule has 146 valence electrons. The third kappa shape index (κ3) is 6.41. The Kier molecular flexibility index (Phi) is 6.62. The quantitative estimate of drug-likeness (QED) is 0.762. The summed E-state index contributed by atoms with van der Waals surface area (Å²) in [6.45, 7) is 1.72. The molecule has 3 rings (SSSR count). The van der Waals surface area contributed by atoms with Crippen LogP contribution < -0.4 is 4.72 Å². The van der Waals surface area contributed by atoms with Crippen LogP contribution in [0.15, 0.2) is 35.7 Å². The summed E-state index contributed by atoms with van der Waals surface area (Å²) in [5, 5.41) is 2.97. The van der Waals surface area contributed by atoms with Crippen LogP contribution in [0.1, 0.15) is 29.1 Å². The maximum Gasteiger partial charge on any atom is 0.228 e. The third-order valence-electron chi connectivity index (χ3n) is 4.64. The second-order valence-electron chi connectivity index (χ2n) is 7.04. The molecule has 2 aromatic rings. The number of hydrogen-bond acceptors (Lipinski definition) is 5. The number of carbonyl (C=O) groups excluding carboxylic acids is 1. The van der Waals surface area contributed by atoms with Crippen molar-refractivity contribution in [1.29, 1.82) is 0 Å². The largest absolute Gasteiger partial charge is 0.342 e. The highest BCUT2D eigenvalue weighted by Crippen LogP contribution is 2.19. The molecule has 1 aliphatic rings. The van der Waals surface area contributed by atoms with Crippen molar-refractivity contribution < 1.29 is 13.2 Å². The van der Waals surface area contributed by atoms with E-state index in [1.165, 1.54) is 5.56 Å². The normalized spacial score (nSPS) is 17.8. The Bertz CT molecular complexity index is 865. The lowest BCUT2D eigenvalue weighted by Crippen LogP contribution is -2.44. The van der Waals surface area contributed by atoms with Crippen LogP contribution in [0.4, 0.5) is 0 Å². The van der Waals surface area contributed by atoms with Gasteiger partial charge in [-0.1, -0.05) is 30.3 Å². The summed E-state index contributed by atoms with van der Waals surface area (Å²) in [6.07, 6.45) is 4.08. The van der Waals surface area contributed by atoms with Crippen molar-refractivity contribution in [3.05, 3.63) is 52.0 Å². The third-order valence-corrected chi connectivity index (χ3v) is 6.22. The topological polar surface area (TPSA) is 79.4 Å². The summed E-state index contributed by atoms with van der Waals surface area (Å²) < 4.78 is 25.1. The molecule has 6 nitrogen and oxygen atoms in total. The van der Waals surface area contributed by atoms with Crippen LogP contribution in [0, 0.1) is 5.92 Å². The summed E-state index contributed by atoms with van der Waals surface area (Å²) in [5.41, 5.74) is 2.02. The molecule has 1 atom stereocenters. The first-order valence-corrected chi connectivity index (χ1v) is 11.9. The fourth-order valence-electron chi connectivity index (χ4n) is 3.28. The molecule has 2 heterocycles. The van der Waals surface area contributed by atoms with Gasteiger partial charge >= 0.3 is 0 Å². The van der Waals surface area contributed by atoms with Gasteiger partial charge in [-0.3, -0.25) is 4.79 Å². The number of piperidine rings is 1. The van der Waals surface area contributed by atoms with Crippen molar-refractivity contribution in [2.45, 2.75) is 25.7 Å². The van der Waals surface area contributed by atoms with Gasteiger partial charge in [-0.15, -0.1) is 11.3 Å². The Labute approximate surface area is 164 Å². The number of amides is 1. The van der Waals surface area contributed by atoms with E-state index in [9.17, 15) is 13.2 Å². The van der Waals surface area contributed by atoms with Crippen LogP contribution in [0.2, 0.25) is 0 Å². The van der Waals surface area contributed by atoms with Gasteiger partial charge in [-0.25, -0.2) is 18.1 Å². The highest BCUT2D eigenvalue weighted by Gasteiger charge is 2.24. The molecule has 0 bridgehead atoms. The molecule has 1 aliphatic heterocycles. The van der Waals surface area contributed by atoms with Crippen molar-refractivity contribution in [3.63, 3.8) is 0 Å². The zero-order valence-corrected chi connectivity index (χ0v) is 17.1. The molecule has 0 unspecified atom stereocenters. The first kappa shape index (κ1) is 20.0. The maximum atomic E-state index is 12.6. The molecule has 1 saturated heterocycles. The van der Waals surface area contributed by atoms with Crippen molar-refractivity contribution >= 4 is 27.3 Å². The van der Waals surface area contributed by atoms with Gasteiger partial charge in [0.1, 0.15) is 0 Å². The van der Waals surface area contributed by atoms with Gasteiger partial charge < -0.3 is 4.90 Å². The predicted molar refractivity (Wildman–Crippen MR) is 107 cm³/mol. The molecule has 0 saturated carbocycles. The van der Waals surface area contributed by atoms with Crippen LogP contribution in [0.25, 0.3) is 0 Å². The van der Waals surface area contributed by atoms with Gasteiger partial charge in [0.05, 0.1) is 23.4 Å². The second-order valence-corrected chi connectivity index (χ2v) is 9.82. The van der Waals surface area contributed by atoms with Crippen LogP contribution in [-0.2, 0) is 27.7 Å². The van der Waals surface area contributed by atoms with Crippen molar-refractivity contribution in [3.8, 4) is 0 Å². The Balaban J connectivity index is 1.52. The number of rotatable bonds is 7. The van der Waals surface area contributed by atoms with Gasteiger partial charge in [0.2, 0.25) is 15.9 Å². The highest BCUT2D eigenvalue weighted by atomic mass is 32.2.